The number of aromatic nitrogens is 2. The molecule has 1 aliphatic rings. The number of carbonyl (C=O) groups is 2. The topological polar surface area (TPSA) is 70.5 Å². The normalized spacial score (nSPS) is 18.0. The monoisotopic (exact) mass is 339 g/mol. The number of rotatable bonds is 7. The summed E-state index contributed by atoms with van der Waals surface area (Å²) >= 11 is 1.57. The van der Waals surface area contributed by atoms with Crippen molar-refractivity contribution in [3.63, 3.8) is 0 Å². The summed E-state index contributed by atoms with van der Waals surface area (Å²) in [4.78, 5) is 32.4. The zero-order valence-electron chi connectivity index (χ0n) is 14.2. The molecule has 0 aliphatic carbocycles. The predicted molar refractivity (Wildman–Crippen MR) is 90.1 cm³/mol. The zero-order chi connectivity index (χ0) is 17.0. The van der Waals surface area contributed by atoms with Crippen LogP contribution in [0.15, 0.2) is 11.4 Å². The maximum absolute atomic E-state index is 12.3. The van der Waals surface area contributed by atoms with Crippen molar-refractivity contribution >= 4 is 23.6 Å². The fourth-order valence-electron chi connectivity index (χ4n) is 2.59. The Morgan fingerprint density at radius 1 is 1.52 bits per heavy atom. The second-order valence-corrected chi connectivity index (χ2v) is 6.83. The molecule has 23 heavy (non-hydrogen) atoms. The second-order valence-electron chi connectivity index (χ2n) is 6.06. The van der Waals surface area contributed by atoms with Gasteiger partial charge in [-0.3, -0.25) is 9.59 Å². The van der Waals surface area contributed by atoms with Crippen LogP contribution in [0.1, 0.15) is 12.1 Å². The molecule has 0 spiro atoms. The Morgan fingerprint density at radius 2 is 2.26 bits per heavy atom. The molecule has 2 rings (SSSR count). The minimum atomic E-state index is -0.252. The van der Waals surface area contributed by atoms with E-state index < -0.39 is 0 Å². The molecule has 1 fully saturated rings. The zero-order valence-corrected chi connectivity index (χ0v) is 15.0. The van der Waals surface area contributed by atoms with Gasteiger partial charge < -0.3 is 19.7 Å². The number of hydrogen-bond donors (Lipinski definition) is 1. The number of nitrogens with one attached hydrogen (secondary N) is 1. The van der Waals surface area contributed by atoms with Gasteiger partial charge in [-0.15, -0.1) is 0 Å². The molecule has 0 bridgehead atoms. The van der Waals surface area contributed by atoms with Crippen molar-refractivity contribution in [3.8, 4) is 0 Å². The van der Waals surface area contributed by atoms with E-state index in [9.17, 15) is 9.59 Å². The summed E-state index contributed by atoms with van der Waals surface area (Å²) < 4.78 is 1.97. The fraction of sp³-hybridized carbons (Fsp3) is 0.667. The average molecular weight is 339 g/mol. The largest absolute Gasteiger partial charge is 0.350 e. The first-order valence-electron chi connectivity index (χ1n) is 7.67. The molecule has 8 heteroatoms. The number of hydrogen-bond acceptors (Lipinski definition) is 5. The van der Waals surface area contributed by atoms with Crippen LogP contribution >= 0.6 is 11.8 Å². The van der Waals surface area contributed by atoms with Crippen LogP contribution in [0.25, 0.3) is 0 Å². The van der Waals surface area contributed by atoms with E-state index in [0.717, 1.165) is 17.4 Å². The first kappa shape index (κ1) is 17.8. The molecule has 1 aromatic rings. The number of thioether (sulfide) groups is 1. The smallest absolute Gasteiger partial charge is 0.225 e. The van der Waals surface area contributed by atoms with Crippen LogP contribution in [0.5, 0.6) is 0 Å². The molecule has 1 atom stereocenters. The van der Waals surface area contributed by atoms with Gasteiger partial charge in [0.05, 0.1) is 24.4 Å². The van der Waals surface area contributed by atoms with E-state index in [1.807, 2.05) is 36.9 Å². The minimum absolute atomic E-state index is 0.0578. The van der Waals surface area contributed by atoms with Gasteiger partial charge in [0.2, 0.25) is 11.8 Å². The number of nitrogens with zero attached hydrogens (tertiary/aromatic N) is 4. The summed E-state index contributed by atoms with van der Waals surface area (Å²) in [7, 11) is 5.88. The summed E-state index contributed by atoms with van der Waals surface area (Å²) in [5.41, 5.74) is 0.955. The van der Waals surface area contributed by atoms with Crippen molar-refractivity contribution in [2.45, 2.75) is 18.1 Å². The van der Waals surface area contributed by atoms with Gasteiger partial charge in [-0.1, -0.05) is 11.8 Å². The predicted octanol–water partition coefficient (Wildman–Crippen LogP) is 0.168. The number of amides is 2. The Labute approximate surface area is 141 Å². The van der Waals surface area contributed by atoms with Gasteiger partial charge in [0.15, 0.2) is 5.16 Å². The number of likely N-dealkylation sites (N-methyl/N-ethyl adjacent to an activating group) is 1. The molecule has 7 nitrogen and oxygen atoms in total. The van der Waals surface area contributed by atoms with Crippen LogP contribution in [0.2, 0.25) is 0 Å². The third-order valence-corrected chi connectivity index (χ3v) is 4.81. The van der Waals surface area contributed by atoms with Crippen molar-refractivity contribution in [1.82, 2.24) is 24.7 Å². The highest BCUT2D eigenvalue weighted by Gasteiger charge is 2.33. The molecule has 0 aromatic carbocycles. The number of carbonyl (C=O) groups excluding carboxylic acids is 2. The second kappa shape index (κ2) is 7.83. The molecule has 1 aromatic heterocycles. The molecule has 2 amide bonds. The van der Waals surface area contributed by atoms with Crippen LogP contribution in [0.3, 0.4) is 0 Å². The summed E-state index contributed by atoms with van der Waals surface area (Å²) in [5.74, 6) is -0.243. The van der Waals surface area contributed by atoms with Crippen molar-refractivity contribution < 1.29 is 9.59 Å². The number of imidazole rings is 1. The lowest BCUT2D eigenvalue weighted by molar-refractivity contribution is -0.129. The van der Waals surface area contributed by atoms with E-state index in [2.05, 4.69) is 10.3 Å². The first-order valence-corrected chi connectivity index (χ1v) is 8.89. The van der Waals surface area contributed by atoms with Gasteiger partial charge in [-0.25, -0.2) is 4.98 Å². The van der Waals surface area contributed by atoms with Gasteiger partial charge in [-0.2, -0.15) is 0 Å². The molecule has 1 saturated heterocycles. The fourth-order valence-corrected chi connectivity index (χ4v) is 3.14. The van der Waals surface area contributed by atoms with Crippen molar-refractivity contribution in [1.29, 1.82) is 0 Å². The lowest BCUT2D eigenvalue weighted by Gasteiger charge is -2.19. The molecule has 0 unspecified atom stereocenters. The van der Waals surface area contributed by atoms with Crippen LogP contribution in [0.4, 0.5) is 0 Å². The SMILES string of the molecule is CSc1ncc(CNC(=O)[C@H]2CC(=O)N(CCN(C)C)C2)n1C. The highest BCUT2D eigenvalue weighted by molar-refractivity contribution is 7.98. The highest BCUT2D eigenvalue weighted by atomic mass is 32.2. The lowest BCUT2D eigenvalue weighted by atomic mass is 10.1. The van der Waals surface area contributed by atoms with E-state index in [-0.39, 0.29) is 17.7 Å². The lowest BCUT2D eigenvalue weighted by Crippen LogP contribution is -2.35. The first-order chi connectivity index (χ1) is 10.9. The van der Waals surface area contributed by atoms with E-state index in [0.29, 0.717) is 26.1 Å². The van der Waals surface area contributed by atoms with Gasteiger partial charge >= 0.3 is 0 Å². The Kier molecular flexibility index (Phi) is 6.06. The third-order valence-electron chi connectivity index (χ3n) is 4.07. The Bertz CT molecular complexity index is 572. The van der Waals surface area contributed by atoms with Gasteiger partial charge in [0.1, 0.15) is 0 Å². The Hall–Kier alpha value is -1.54. The van der Waals surface area contributed by atoms with Gasteiger partial charge in [-0.05, 0) is 20.4 Å². The van der Waals surface area contributed by atoms with Crippen LogP contribution in [-0.2, 0) is 23.2 Å². The minimum Gasteiger partial charge on any atom is -0.350 e. The molecular weight excluding hydrogens is 314 g/mol. The molecule has 0 saturated carbocycles. The van der Waals surface area contributed by atoms with Crippen LogP contribution < -0.4 is 5.32 Å². The summed E-state index contributed by atoms with van der Waals surface area (Å²) in [5, 5.41) is 3.84. The molecule has 1 N–H and O–H groups in total. The molecule has 1 aliphatic heterocycles. The summed E-state index contributed by atoms with van der Waals surface area (Å²) in [6, 6.07) is 0. The van der Waals surface area contributed by atoms with Gasteiger partial charge in [0.25, 0.3) is 0 Å². The van der Waals surface area contributed by atoms with Crippen LogP contribution in [0, 0.1) is 5.92 Å². The van der Waals surface area contributed by atoms with Crippen molar-refractivity contribution in [2.24, 2.45) is 13.0 Å². The van der Waals surface area contributed by atoms with E-state index in [1.54, 1.807) is 22.9 Å². The molecule has 0 radical (unpaired) electrons. The van der Waals surface area contributed by atoms with Gasteiger partial charge in [0, 0.05) is 33.1 Å². The highest BCUT2D eigenvalue weighted by Crippen LogP contribution is 2.18. The van der Waals surface area contributed by atoms with E-state index in [1.165, 1.54) is 0 Å². The summed E-state index contributed by atoms with van der Waals surface area (Å²) in [6.45, 7) is 2.44. The van der Waals surface area contributed by atoms with Crippen LogP contribution in [-0.4, -0.2) is 71.2 Å². The molecule has 2 heterocycles. The molecular formula is C15H25N5O2S. The standard InChI is InChI=1S/C15H25N5O2S/c1-18(2)5-6-20-10-11(7-13(20)21)14(22)16-8-12-9-17-15(23-4)19(12)3/h9,11H,5-8,10H2,1-4H3,(H,16,22)/t11-/m0/s1. The molecule has 128 valence electrons. The quantitative estimate of drug-likeness (QED) is 0.717. The Morgan fingerprint density at radius 3 is 2.87 bits per heavy atom. The number of likely N-dealkylation sites (tertiary alicyclic amines) is 1. The van der Waals surface area contributed by atoms with E-state index in [4.69, 9.17) is 0 Å². The Balaban J connectivity index is 1.84. The van der Waals surface area contributed by atoms with Crippen molar-refractivity contribution in [2.75, 3.05) is 40.0 Å². The van der Waals surface area contributed by atoms with Crippen molar-refractivity contribution in [3.05, 3.63) is 11.9 Å². The van der Waals surface area contributed by atoms with E-state index >= 15 is 0 Å². The average Bonchev–Trinajstić information content (AvgIpc) is 3.05. The summed E-state index contributed by atoms with van der Waals surface area (Å²) in [6.07, 6.45) is 4.05. The maximum atomic E-state index is 12.3. The maximum Gasteiger partial charge on any atom is 0.225 e. The third kappa shape index (κ3) is 4.48.